The molecule has 0 aliphatic carbocycles. The van der Waals surface area contributed by atoms with Crippen LogP contribution >= 0.6 is 24.0 Å². The van der Waals surface area contributed by atoms with Crippen molar-refractivity contribution in [3.63, 3.8) is 0 Å². The Bertz CT molecular complexity index is 1360. The van der Waals surface area contributed by atoms with E-state index in [1.807, 2.05) is 13.0 Å². The summed E-state index contributed by atoms with van der Waals surface area (Å²) in [6.45, 7) is 2.84. The lowest BCUT2D eigenvalue weighted by atomic mass is 10.2. The smallest absolute Gasteiger partial charge is 0.267 e. The summed E-state index contributed by atoms with van der Waals surface area (Å²) in [6, 6.07) is 9.45. The first-order valence-corrected chi connectivity index (χ1v) is 12.0. The molecule has 11 heteroatoms. The second-order valence-corrected chi connectivity index (χ2v) is 9.45. The Morgan fingerprint density at radius 2 is 1.97 bits per heavy atom. The van der Waals surface area contributed by atoms with Crippen molar-refractivity contribution in [1.82, 2.24) is 14.3 Å². The first-order valence-electron chi connectivity index (χ1n) is 10.8. The predicted octanol–water partition coefficient (Wildman–Crippen LogP) is 2.96. The average Bonchev–Trinajstić information content (AvgIpc) is 3.10. The number of pyridine rings is 1. The molecule has 3 heterocycles. The number of anilines is 1. The number of halogens is 1. The van der Waals surface area contributed by atoms with Gasteiger partial charge in [-0.25, -0.2) is 9.37 Å². The predicted molar refractivity (Wildman–Crippen MR) is 138 cm³/mol. The van der Waals surface area contributed by atoms with E-state index in [1.54, 1.807) is 24.4 Å². The minimum absolute atomic E-state index is 0.0834. The Balaban J connectivity index is 1.67. The van der Waals surface area contributed by atoms with E-state index >= 15 is 0 Å². The van der Waals surface area contributed by atoms with E-state index in [-0.39, 0.29) is 42.6 Å². The maximum atomic E-state index is 13.4. The van der Waals surface area contributed by atoms with E-state index in [4.69, 9.17) is 22.1 Å². The van der Waals surface area contributed by atoms with Gasteiger partial charge < -0.3 is 15.2 Å². The summed E-state index contributed by atoms with van der Waals surface area (Å²) in [7, 11) is 0. The number of ether oxygens (including phenoxy) is 1. The third-order valence-corrected chi connectivity index (χ3v) is 6.56. The number of hydrogen-bond donors (Lipinski definition) is 2. The van der Waals surface area contributed by atoms with Crippen LogP contribution in [0.3, 0.4) is 0 Å². The van der Waals surface area contributed by atoms with Gasteiger partial charge in [-0.2, -0.15) is 0 Å². The number of thioether (sulfide) groups is 1. The fourth-order valence-electron chi connectivity index (χ4n) is 3.47. The molecule has 4 rings (SSSR count). The van der Waals surface area contributed by atoms with E-state index in [9.17, 15) is 14.0 Å². The molecule has 0 radical (unpaired) electrons. The van der Waals surface area contributed by atoms with Gasteiger partial charge in [0.05, 0.1) is 36.8 Å². The first kappa shape index (κ1) is 25.0. The zero-order valence-corrected chi connectivity index (χ0v) is 20.5. The largest absolute Gasteiger partial charge is 0.394 e. The highest BCUT2D eigenvalue weighted by Crippen LogP contribution is 2.34. The van der Waals surface area contributed by atoms with Crippen molar-refractivity contribution in [3.05, 3.63) is 80.4 Å². The lowest BCUT2D eigenvalue weighted by Gasteiger charge is -2.14. The van der Waals surface area contributed by atoms with Crippen molar-refractivity contribution in [3.8, 4) is 0 Å². The summed E-state index contributed by atoms with van der Waals surface area (Å²) in [5.41, 5.74) is 1.97. The molecule has 1 fully saturated rings. The Morgan fingerprint density at radius 1 is 1.20 bits per heavy atom. The van der Waals surface area contributed by atoms with Crippen LogP contribution in [0.5, 0.6) is 0 Å². The van der Waals surface area contributed by atoms with Crippen LogP contribution in [0.15, 0.2) is 52.3 Å². The summed E-state index contributed by atoms with van der Waals surface area (Å²) in [5.74, 6) is -0.383. The molecule has 2 aromatic heterocycles. The van der Waals surface area contributed by atoms with Crippen LogP contribution in [-0.2, 0) is 16.1 Å². The van der Waals surface area contributed by atoms with Crippen molar-refractivity contribution in [2.45, 2.75) is 13.5 Å². The van der Waals surface area contributed by atoms with Gasteiger partial charge in [-0.3, -0.25) is 18.9 Å². The number of nitrogens with zero attached hydrogens (tertiary/aromatic N) is 3. The number of rotatable bonds is 9. The normalized spacial score (nSPS) is 14.9. The molecule has 3 aromatic rings. The Labute approximate surface area is 210 Å². The third kappa shape index (κ3) is 5.76. The molecule has 2 N–H and O–H groups in total. The van der Waals surface area contributed by atoms with Crippen LogP contribution in [0.1, 0.15) is 16.7 Å². The number of aryl methyl sites for hydroxylation is 1. The Hall–Kier alpha value is -3.12. The van der Waals surface area contributed by atoms with Gasteiger partial charge in [0.2, 0.25) is 0 Å². The number of aromatic nitrogens is 2. The Kier molecular flexibility index (Phi) is 7.91. The number of nitrogens with one attached hydrogen (secondary N) is 1. The van der Waals surface area contributed by atoms with Gasteiger partial charge in [0.15, 0.2) is 0 Å². The number of fused-ring (bicyclic) bond motifs is 1. The first-order chi connectivity index (χ1) is 16.9. The lowest BCUT2D eigenvalue weighted by molar-refractivity contribution is -0.122. The zero-order chi connectivity index (χ0) is 24.9. The molecule has 1 aliphatic rings. The molecule has 0 spiro atoms. The molecule has 1 amide bonds. The molecular weight excluding hydrogens is 491 g/mol. The minimum Gasteiger partial charge on any atom is -0.394 e. The summed E-state index contributed by atoms with van der Waals surface area (Å²) < 4.78 is 20.3. The molecule has 182 valence electrons. The van der Waals surface area contributed by atoms with E-state index in [0.717, 1.165) is 22.9 Å². The molecule has 1 aliphatic heterocycles. The summed E-state index contributed by atoms with van der Waals surface area (Å²) >= 11 is 6.51. The molecular formula is C24H23FN4O4S2. The van der Waals surface area contributed by atoms with E-state index in [0.29, 0.717) is 33.8 Å². The number of carbonyl (C=O) groups excluding carboxylic acids is 1. The van der Waals surface area contributed by atoms with Crippen LogP contribution in [0.2, 0.25) is 0 Å². The highest BCUT2D eigenvalue weighted by molar-refractivity contribution is 8.26. The number of thiocarbonyl (C=S) groups is 1. The summed E-state index contributed by atoms with van der Waals surface area (Å²) in [5, 5.41) is 12.0. The van der Waals surface area contributed by atoms with Crippen LogP contribution in [0.4, 0.5) is 10.2 Å². The van der Waals surface area contributed by atoms with Crippen LogP contribution in [0, 0.1) is 12.7 Å². The van der Waals surface area contributed by atoms with Crippen molar-refractivity contribution >= 4 is 51.7 Å². The quantitative estimate of drug-likeness (QED) is 0.256. The standard InChI is InChI=1S/C24H23FN4O4S2/c1-15-2-7-20-27-21(26-8-10-33-11-9-30)18(22(31)28(20)13-15)12-19-23(32)29(24(34)35-19)14-16-3-5-17(25)6-4-16/h2-7,12-13,26,30H,8-11,14H2,1H3/b19-12-. The van der Waals surface area contributed by atoms with Gasteiger partial charge in [0, 0.05) is 12.7 Å². The number of aliphatic hydroxyl groups excluding tert-OH is 1. The summed E-state index contributed by atoms with van der Waals surface area (Å²) in [4.78, 5) is 32.8. The second kappa shape index (κ2) is 11.1. The molecule has 0 saturated carbocycles. The van der Waals surface area contributed by atoms with Crippen molar-refractivity contribution < 1.29 is 19.0 Å². The fraction of sp³-hybridized carbons (Fsp3) is 0.250. The lowest BCUT2D eigenvalue weighted by Crippen LogP contribution is -2.27. The van der Waals surface area contributed by atoms with Crippen LogP contribution in [-0.4, -0.2) is 56.0 Å². The number of amides is 1. The number of carbonyl (C=O) groups is 1. The van der Waals surface area contributed by atoms with E-state index < -0.39 is 0 Å². The van der Waals surface area contributed by atoms with Crippen LogP contribution < -0.4 is 10.9 Å². The van der Waals surface area contributed by atoms with Gasteiger partial charge >= 0.3 is 0 Å². The molecule has 0 unspecified atom stereocenters. The Morgan fingerprint density at radius 3 is 2.71 bits per heavy atom. The van der Waals surface area contributed by atoms with Gasteiger partial charge in [-0.15, -0.1) is 0 Å². The fourth-order valence-corrected chi connectivity index (χ4v) is 4.71. The maximum Gasteiger partial charge on any atom is 0.267 e. The molecule has 35 heavy (non-hydrogen) atoms. The van der Waals surface area contributed by atoms with Gasteiger partial charge in [0.25, 0.3) is 11.5 Å². The number of benzene rings is 1. The maximum absolute atomic E-state index is 13.4. The monoisotopic (exact) mass is 514 g/mol. The zero-order valence-electron chi connectivity index (χ0n) is 18.9. The highest BCUT2D eigenvalue weighted by atomic mass is 32.2. The number of hydrogen-bond acceptors (Lipinski definition) is 8. The van der Waals surface area contributed by atoms with Gasteiger partial charge in [0.1, 0.15) is 21.6 Å². The van der Waals surface area contributed by atoms with E-state index in [2.05, 4.69) is 10.3 Å². The van der Waals surface area contributed by atoms with Crippen LogP contribution in [0.25, 0.3) is 11.7 Å². The molecule has 0 bridgehead atoms. The summed E-state index contributed by atoms with van der Waals surface area (Å²) in [6.07, 6.45) is 3.20. The third-order valence-electron chi connectivity index (χ3n) is 5.18. The van der Waals surface area contributed by atoms with Crippen molar-refractivity contribution in [2.24, 2.45) is 0 Å². The molecule has 0 atom stereocenters. The SMILES string of the molecule is Cc1ccc2nc(NCCOCCO)c(/C=C3\SC(=S)N(Cc4ccc(F)cc4)C3=O)c(=O)n2c1. The van der Waals surface area contributed by atoms with E-state index in [1.165, 1.54) is 27.5 Å². The van der Waals surface area contributed by atoms with Gasteiger partial charge in [-0.1, -0.05) is 42.2 Å². The second-order valence-electron chi connectivity index (χ2n) is 7.77. The van der Waals surface area contributed by atoms with Crippen molar-refractivity contribution in [2.75, 3.05) is 31.7 Å². The minimum atomic E-state index is -0.361. The topological polar surface area (TPSA) is 96.2 Å². The number of aliphatic hydroxyl groups is 1. The molecule has 1 aromatic carbocycles. The average molecular weight is 515 g/mol. The van der Waals surface area contributed by atoms with Gasteiger partial charge in [-0.05, 0) is 42.3 Å². The van der Waals surface area contributed by atoms with Crippen molar-refractivity contribution in [1.29, 1.82) is 0 Å². The highest BCUT2D eigenvalue weighted by Gasteiger charge is 2.32. The molecule has 8 nitrogen and oxygen atoms in total. The molecule has 1 saturated heterocycles.